The monoisotopic (exact) mass is 442 g/mol. The van der Waals surface area contributed by atoms with Gasteiger partial charge in [-0.05, 0) is 25.1 Å². The van der Waals surface area contributed by atoms with Gasteiger partial charge < -0.3 is 10.1 Å². The molecular formula is C21H22N4O5S. The second kappa shape index (κ2) is 10.2. The second-order valence-electron chi connectivity index (χ2n) is 6.88. The molecule has 1 fully saturated rings. The van der Waals surface area contributed by atoms with E-state index in [2.05, 4.69) is 10.3 Å². The van der Waals surface area contributed by atoms with Crippen molar-refractivity contribution in [3.8, 4) is 0 Å². The Morgan fingerprint density at radius 1 is 1.26 bits per heavy atom. The van der Waals surface area contributed by atoms with Gasteiger partial charge in [-0.15, -0.1) is 0 Å². The Kier molecular flexibility index (Phi) is 7.37. The maximum absolute atomic E-state index is 13.1. The lowest BCUT2D eigenvalue weighted by Crippen LogP contribution is -2.42. The zero-order valence-corrected chi connectivity index (χ0v) is 17.9. The number of carbonyl (C=O) groups is 2. The van der Waals surface area contributed by atoms with Crippen LogP contribution in [0.1, 0.15) is 13.3 Å². The number of anilines is 1. The third-order valence-electron chi connectivity index (χ3n) is 4.54. The summed E-state index contributed by atoms with van der Waals surface area (Å²) in [5, 5.41) is 13.7. The molecule has 2 aromatic carbocycles. The summed E-state index contributed by atoms with van der Waals surface area (Å²) in [5.74, 6) is -0.585. The van der Waals surface area contributed by atoms with Crippen molar-refractivity contribution in [1.29, 1.82) is 0 Å². The first kappa shape index (κ1) is 22.4. The van der Waals surface area contributed by atoms with Crippen LogP contribution in [0.15, 0.2) is 59.6 Å². The highest BCUT2D eigenvalue weighted by molar-refractivity contribution is 8.15. The predicted octanol–water partition coefficient (Wildman–Crippen LogP) is 3.59. The SMILES string of the molecule is COCC(C)N1C(=O)C(CC(=O)Nc2ccccc2)SC1=Nc1ccccc1[N+](=O)[O-]. The minimum Gasteiger partial charge on any atom is -0.383 e. The summed E-state index contributed by atoms with van der Waals surface area (Å²) in [4.78, 5) is 42.2. The molecule has 162 valence electrons. The van der Waals surface area contributed by atoms with E-state index in [9.17, 15) is 19.7 Å². The molecule has 2 unspecified atom stereocenters. The van der Waals surface area contributed by atoms with E-state index in [1.165, 1.54) is 24.1 Å². The molecule has 3 rings (SSSR count). The fourth-order valence-electron chi connectivity index (χ4n) is 3.13. The maximum atomic E-state index is 13.1. The van der Waals surface area contributed by atoms with Gasteiger partial charge in [0.05, 0.1) is 17.6 Å². The number of ether oxygens (including phenoxy) is 1. The van der Waals surface area contributed by atoms with Crippen LogP contribution in [0.25, 0.3) is 0 Å². The molecule has 31 heavy (non-hydrogen) atoms. The average Bonchev–Trinajstić information content (AvgIpc) is 3.03. The van der Waals surface area contributed by atoms with Crippen molar-refractivity contribution in [1.82, 2.24) is 4.90 Å². The van der Waals surface area contributed by atoms with Crippen LogP contribution in [0.5, 0.6) is 0 Å². The molecule has 2 amide bonds. The van der Waals surface area contributed by atoms with E-state index in [-0.39, 0.29) is 42.3 Å². The summed E-state index contributed by atoms with van der Waals surface area (Å²) in [6.45, 7) is 2.05. The number of aliphatic imine (C=N–C) groups is 1. The fourth-order valence-corrected chi connectivity index (χ4v) is 4.37. The number of para-hydroxylation sites is 3. The van der Waals surface area contributed by atoms with Crippen LogP contribution in [-0.4, -0.2) is 51.8 Å². The third kappa shape index (κ3) is 5.47. The van der Waals surface area contributed by atoms with Crippen molar-refractivity contribution >= 4 is 45.8 Å². The number of thioether (sulfide) groups is 1. The first-order valence-electron chi connectivity index (χ1n) is 9.56. The molecular weight excluding hydrogens is 420 g/mol. The van der Waals surface area contributed by atoms with Gasteiger partial charge in [-0.2, -0.15) is 0 Å². The first-order valence-corrected chi connectivity index (χ1v) is 10.4. The molecule has 2 aromatic rings. The molecule has 0 aromatic heterocycles. The summed E-state index contributed by atoms with van der Waals surface area (Å²) in [6.07, 6.45) is -0.0511. The Morgan fingerprint density at radius 3 is 2.61 bits per heavy atom. The van der Waals surface area contributed by atoms with Crippen LogP contribution in [0.4, 0.5) is 17.1 Å². The van der Waals surface area contributed by atoms with Gasteiger partial charge >= 0.3 is 0 Å². The van der Waals surface area contributed by atoms with Gasteiger partial charge in [-0.1, -0.05) is 42.1 Å². The van der Waals surface area contributed by atoms with Crippen LogP contribution in [-0.2, 0) is 14.3 Å². The Hall–Kier alpha value is -3.24. The standard InChI is InChI=1S/C21H22N4O5S/c1-14(13-30-2)24-20(27)18(12-19(26)22-15-8-4-3-5-9-15)31-21(24)23-16-10-6-7-11-17(16)25(28)29/h3-11,14,18H,12-13H2,1-2H3,(H,22,26). The fraction of sp³-hybridized carbons (Fsp3) is 0.286. The smallest absolute Gasteiger partial charge is 0.294 e. The number of rotatable bonds is 8. The molecule has 9 nitrogen and oxygen atoms in total. The molecule has 10 heteroatoms. The highest BCUT2D eigenvalue weighted by Crippen LogP contribution is 2.35. The Balaban J connectivity index is 1.85. The zero-order chi connectivity index (χ0) is 22.4. The second-order valence-corrected chi connectivity index (χ2v) is 8.05. The van der Waals surface area contributed by atoms with Gasteiger partial charge in [0.15, 0.2) is 5.17 Å². The lowest BCUT2D eigenvalue weighted by atomic mass is 10.2. The van der Waals surface area contributed by atoms with Gasteiger partial charge in [0.2, 0.25) is 11.8 Å². The van der Waals surface area contributed by atoms with E-state index < -0.39 is 10.2 Å². The van der Waals surface area contributed by atoms with E-state index in [1.54, 1.807) is 43.3 Å². The van der Waals surface area contributed by atoms with Crippen molar-refractivity contribution in [2.24, 2.45) is 4.99 Å². The summed E-state index contributed by atoms with van der Waals surface area (Å²) < 4.78 is 5.17. The number of hydrogen-bond acceptors (Lipinski definition) is 7. The van der Waals surface area contributed by atoms with Gasteiger partial charge in [0.25, 0.3) is 5.69 Å². The summed E-state index contributed by atoms with van der Waals surface area (Å²) >= 11 is 1.12. The van der Waals surface area contributed by atoms with E-state index in [0.29, 0.717) is 10.9 Å². The number of carbonyl (C=O) groups excluding carboxylic acids is 2. The minimum atomic E-state index is -0.690. The van der Waals surface area contributed by atoms with Crippen LogP contribution >= 0.6 is 11.8 Å². The van der Waals surface area contributed by atoms with Crippen molar-refractivity contribution in [2.45, 2.75) is 24.6 Å². The predicted molar refractivity (Wildman–Crippen MR) is 119 cm³/mol. The number of nitrogens with one attached hydrogen (secondary N) is 1. The molecule has 0 bridgehead atoms. The normalized spacial score (nSPS) is 18.3. The van der Waals surface area contributed by atoms with Crippen LogP contribution < -0.4 is 5.32 Å². The Labute approximate surface area is 183 Å². The molecule has 1 aliphatic rings. The molecule has 1 aliphatic heterocycles. The number of nitrogens with zero attached hydrogens (tertiary/aromatic N) is 3. The number of methoxy groups -OCH3 is 1. The zero-order valence-electron chi connectivity index (χ0n) is 17.1. The lowest BCUT2D eigenvalue weighted by Gasteiger charge is -2.23. The van der Waals surface area contributed by atoms with Gasteiger partial charge in [0, 0.05) is 25.3 Å². The number of amides is 2. The van der Waals surface area contributed by atoms with Crippen molar-refractivity contribution in [3.05, 3.63) is 64.7 Å². The van der Waals surface area contributed by atoms with E-state index in [0.717, 1.165) is 11.8 Å². The number of benzene rings is 2. The number of nitro groups is 1. The summed E-state index contributed by atoms with van der Waals surface area (Å²) in [7, 11) is 1.52. The van der Waals surface area contributed by atoms with Crippen molar-refractivity contribution in [2.75, 3.05) is 19.0 Å². The van der Waals surface area contributed by atoms with Gasteiger partial charge in [-0.3, -0.25) is 24.6 Å². The van der Waals surface area contributed by atoms with Crippen LogP contribution in [0.3, 0.4) is 0 Å². The maximum Gasteiger partial charge on any atom is 0.294 e. The largest absolute Gasteiger partial charge is 0.383 e. The number of hydrogen-bond donors (Lipinski definition) is 1. The topological polar surface area (TPSA) is 114 Å². The number of amidine groups is 1. The average molecular weight is 442 g/mol. The van der Waals surface area contributed by atoms with E-state index in [4.69, 9.17) is 4.74 Å². The van der Waals surface area contributed by atoms with Gasteiger partial charge in [0.1, 0.15) is 10.9 Å². The highest BCUT2D eigenvalue weighted by atomic mass is 32.2. The quantitative estimate of drug-likeness (QED) is 0.494. The number of nitro benzene ring substituents is 1. The van der Waals surface area contributed by atoms with Crippen LogP contribution in [0.2, 0.25) is 0 Å². The molecule has 1 saturated heterocycles. The molecule has 0 radical (unpaired) electrons. The molecule has 0 spiro atoms. The molecule has 1 heterocycles. The highest BCUT2D eigenvalue weighted by Gasteiger charge is 2.41. The molecule has 0 aliphatic carbocycles. The van der Waals surface area contributed by atoms with E-state index >= 15 is 0 Å². The third-order valence-corrected chi connectivity index (χ3v) is 5.69. The molecule has 2 atom stereocenters. The minimum absolute atomic E-state index is 0.0511. The summed E-state index contributed by atoms with van der Waals surface area (Å²) in [5.41, 5.74) is 0.626. The Morgan fingerprint density at radius 2 is 1.94 bits per heavy atom. The van der Waals surface area contributed by atoms with E-state index in [1.807, 2.05) is 6.07 Å². The lowest BCUT2D eigenvalue weighted by molar-refractivity contribution is -0.384. The molecule has 1 N–H and O–H groups in total. The summed E-state index contributed by atoms with van der Waals surface area (Å²) in [6, 6.07) is 14.7. The van der Waals surface area contributed by atoms with Gasteiger partial charge in [-0.25, -0.2) is 4.99 Å². The van der Waals surface area contributed by atoms with Crippen molar-refractivity contribution < 1.29 is 19.2 Å². The first-order chi connectivity index (χ1) is 14.9. The Bertz CT molecular complexity index is 998. The van der Waals surface area contributed by atoms with Crippen LogP contribution in [0, 0.1) is 10.1 Å². The van der Waals surface area contributed by atoms with Crippen molar-refractivity contribution in [3.63, 3.8) is 0 Å². The molecule has 0 saturated carbocycles.